The van der Waals surface area contributed by atoms with E-state index < -0.39 is 0 Å². The first-order valence-corrected chi connectivity index (χ1v) is 10.5. The molecule has 2 saturated carbocycles. The molecule has 122 valence electrons. The fourth-order valence-electron chi connectivity index (χ4n) is 4.95. The second kappa shape index (κ2) is 7.23. The molecule has 0 amide bonds. The van der Waals surface area contributed by atoms with E-state index in [4.69, 9.17) is 0 Å². The van der Waals surface area contributed by atoms with Crippen molar-refractivity contribution in [2.75, 3.05) is 31.1 Å². The summed E-state index contributed by atoms with van der Waals surface area (Å²) >= 11 is 2.12. The van der Waals surface area contributed by atoms with Gasteiger partial charge in [-0.15, -0.1) is 0 Å². The summed E-state index contributed by atoms with van der Waals surface area (Å²) in [6, 6.07) is 0. The molecule has 0 aromatic rings. The summed E-state index contributed by atoms with van der Waals surface area (Å²) in [4.78, 5) is 2.94. The molecule has 3 heteroatoms. The number of nitrogens with zero attached hydrogens (tertiary/aromatic N) is 1. The molecule has 2 aliphatic carbocycles. The number of hydrogen-bond acceptors (Lipinski definition) is 3. The second-order valence-electron chi connectivity index (χ2n) is 7.60. The van der Waals surface area contributed by atoms with Gasteiger partial charge in [-0.25, -0.2) is 0 Å². The highest BCUT2D eigenvalue weighted by Crippen LogP contribution is 2.40. The number of thioether (sulfide) groups is 1. The average molecular weight is 311 g/mol. The fourth-order valence-corrected chi connectivity index (χ4v) is 5.59. The van der Waals surface area contributed by atoms with Crippen molar-refractivity contribution in [2.24, 2.45) is 0 Å². The summed E-state index contributed by atoms with van der Waals surface area (Å²) in [5.41, 5.74) is 0.979. The monoisotopic (exact) mass is 310 g/mol. The zero-order valence-electron chi connectivity index (χ0n) is 14.0. The summed E-state index contributed by atoms with van der Waals surface area (Å²) in [5.74, 6) is 2.60. The van der Waals surface area contributed by atoms with Gasteiger partial charge in [-0.1, -0.05) is 45.4 Å². The highest BCUT2D eigenvalue weighted by atomic mass is 32.2. The maximum absolute atomic E-state index is 4.07. The molecule has 1 N–H and O–H groups in total. The van der Waals surface area contributed by atoms with Crippen LogP contribution in [-0.2, 0) is 0 Å². The average Bonchev–Trinajstić information content (AvgIpc) is 2.53. The molecule has 1 saturated heterocycles. The van der Waals surface area contributed by atoms with Crippen molar-refractivity contribution in [3.8, 4) is 0 Å². The third-order valence-electron chi connectivity index (χ3n) is 6.26. The number of rotatable bonds is 4. The highest BCUT2D eigenvalue weighted by Gasteiger charge is 2.47. The van der Waals surface area contributed by atoms with E-state index in [0.717, 1.165) is 0 Å². The van der Waals surface area contributed by atoms with Crippen LogP contribution in [0.25, 0.3) is 0 Å². The minimum Gasteiger partial charge on any atom is -0.308 e. The summed E-state index contributed by atoms with van der Waals surface area (Å²) in [7, 11) is 0. The van der Waals surface area contributed by atoms with Gasteiger partial charge < -0.3 is 5.32 Å². The number of nitrogens with one attached hydrogen (secondary N) is 1. The van der Waals surface area contributed by atoms with E-state index in [0.29, 0.717) is 11.1 Å². The summed E-state index contributed by atoms with van der Waals surface area (Å²) in [6.45, 7) is 6.21. The minimum atomic E-state index is 0.470. The van der Waals surface area contributed by atoms with Gasteiger partial charge in [0.1, 0.15) is 0 Å². The Hall–Kier alpha value is 0.270. The molecule has 0 aromatic heterocycles. The van der Waals surface area contributed by atoms with Crippen LogP contribution in [0.2, 0.25) is 0 Å². The van der Waals surface area contributed by atoms with Crippen LogP contribution in [0.5, 0.6) is 0 Å². The first kappa shape index (κ1) is 16.1. The Kier molecular flexibility index (Phi) is 5.55. The molecule has 0 aromatic carbocycles. The molecule has 21 heavy (non-hydrogen) atoms. The van der Waals surface area contributed by atoms with Crippen molar-refractivity contribution >= 4 is 11.8 Å². The molecule has 1 heterocycles. The Morgan fingerprint density at radius 3 is 2.29 bits per heavy atom. The maximum atomic E-state index is 4.07. The lowest BCUT2D eigenvalue weighted by Crippen LogP contribution is -2.71. The van der Waals surface area contributed by atoms with Crippen molar-refractivity contribution in [2.45, 2.75) is 82.2 Å². The third kappa shape index (κ3) is 3.61. The van der Waals surface area contributed by atoms with Crippen LogP contribution >= 0.6 is 11.8 Å². The lowest BCUT2D eigenvalue weighted by atomic mass is 9.73. The Morgan fingerprint density at radius 1 is 0.952 bits per heavy atom. The van der Waals surface area contributed by atoms with Gasteiger partial charge in [0.25, 0.3) is 0 Å². The third-order valence-corrected chi connectivity index (χ3v) is 7.14. The second-order valence-corrected chi connectivity index (χ2v) is 8.99. The van der Waals surface area contributed by atoms with E-state index in [1.165, 1.54) is 95.3 Å². The van der Waals surface area contributed by atoms with Crippen LogP contribution in [-0.4, -0.2) is 47.1 Å². The van der Waals surface area contributed by atoms with Crippen LogP contribution in [0.3, 0.4) is 0 Å². The highest BCUT2D eigenvalue weighted by molar-refractivity contribution is 7.99. The predicted octanol–water partition coefficient (Wildman–Crippen LogP) is 4.05. The lowest BCUT2D eigenvalue weighted by Gasteiger charge is -2.57. The smallest absolute Gasteiger partial charge is 0.0335 e. The van der Waals surface area contributed by atoms with Crippen molar-refractivity contribution in [3.05, 3.63) is 0 Å². The van der Waals surface area contributed by atoms with Gasteiger partial charge >= 0.3 is 0 Å². The molecular weight excluding hydrogens is 276 g/mol. The van der Waals surface area contributed by atoms with Crippen LogP contribution in [0.4, 0.5) is 0 Å². The normalized spacial score (nSPS) is 29.0. The van der Waals surface area contributed by atoms with Crippen molar-refractivity contribution in [1.82, 2.24) is 10.2 Å². The van der Waals surface area contributed by atoms with E-state index in [2.05, 4.69) is 28.9 Å². The van der Waals surface area contributed by atoms with Crippen molar-refractivity contribution in [3.63, 3.8) is 0 Å². The Bertz CT molecular complexity index is 319. The number of hydrogen-bond donors (Lipinski definition) is 1. The Balaban J connectivity index is 1.69. The van der Waals surface area contributed by atoms with E-state index in [1.807, 2.05) is 0 Å². The summed E-state index contributed by atoms with van der Waals surface area (Å²) in [5, 5.41) is 4.07. The molecule has 2 nitrogen and oxygen atoms in total. The Morgan fingerprint density at radius 2 is 1.62 bits per heavy atom. The van der Waals surface area contributed by atoms with Crippen LogP contribution in [0.1, 0.15) is 71.1 Å². The minimum absolute atomic E-state index is 0.470. The largest absolute Gasteiger partial charge is 0.308 e. The van der Waals surface area contributed by atoms with Crippen molar-refractivity contribution in [1.29, 1.82) is 0 Å². The van der Waals surface area contributed by atoms with E-state index in [1.54, 1.807) is 0 Å². The maximum Gasteiger partial charge on any atom is 0.0335 e. The predicted molar refractivity (Wildman–Crippen MR) is 94.2 cm³/mol. The van der Waals surface area contributed by atoms with Gasteiger partial charge in [-0.05, 0) is 31.4 Å². The molecule has 2 spiro atoms. The molecule has 0 unspecified atom stereocenters. The molecule has 3 fully saturated rings. The SMILES string of the molecule is CCSCCN1CC2(CCCCC2)NCC12CCCCC2. The molecule has 0 atom stereocenters. The van der Waals surface area contributed by atoms with Gasteiger partial charge in [-0.2, -0.15) is 11.8 Å². The molecule has 0 bridgehead atoms. The van der Waals surface area contributed by atoms with Gasteiger partial charge in [0, 0.05) is 36.5 Å². The molecular formula is C18H34N2S. The van der Waals surface area contributed by atoms with Gasteiger partial charge in [-0.3, -0.25) is 4.90 Å². The molecule has 0 radical (unpaired) electrons. The summed E-state index contributed by atoms with van der Waals surface area (Å²) < 4.78 is 0. The van der Waals surface area contributed by atoms with Gasteiger partial charge in [0.05, 0.1) is 0 Å². The summed E-state index contributed by atoms with van der Waals surface area (Å²) in [6.07, 6.45) is 14.4. The van der Waals surface area contributed by atoms with Gasteiger partial charge in [0.15, 0.2) is 0 Å². The van der Waals surface area contributed by atoms with Gasteiger partial charge in [0.2, 0.25) is 0 Å². The van der Waals surface area contributed by atoms with E-state index >= 15 is 0 Å². The zero-order valence-corrected chi connectivity index (χ0v) is 14.8. The molecule has 3 aliphatic rings. The van der Waals surface area contributed by atoms with Crippen LogP contribution < -0.4 is 5.32 Å². The number of piperazine rings is 1. The fraction of sp³-hybridized carbons (Fsp3) is 1.00. The van der Waals surface area contributed by atoms with Crippen LogP contribution in [0.15, 0.2) is 0 Å². The zero-order chi connectivity index (χ0) is 14.6. The quantitative estimate of drug-likeness (QED) is 0.789. The first-order chi connectivity index (χ1) is 10.3. The molecule has 1 aliphatic heterocycles. The van der Waals surface area contributed by atoms with E-state index in [9.17, 15) is 0 Å². The van der Waals surface area contributed by atoms with Crippen molar-refractivity contribution < 1.29 is 0 Å². The topological polar surface area (TPSA) is 15.3 Å². The molecule has 3 rings (SSSR count). The lowest BCUT2D eigenvalue weighted by molar-refractivity contribution is -0.0255. The standard InChI is InChI=1S/C18H34N2S/c1-2-21-14-13-20-16-17(9-5-3-6-10-17)19-15-18(20)11-7-4-8-12-18/h19H,2-16H2,1H3. The van der Waals surface area contributed by atoms with Crippen LogP contribution in [0, 0.1) is 0 Å². The first-order valence-electron chi connectivity index (χ1n) is 9.37. The Labute approximate surface area is 135 Å². The van der Waals surface area contributed by atoms with E-state index in [-0.39, 0.29) is 0 Å².